The van der Waals surface area contributed by atoms with E-state index in [0.29, 0.717) is 6.42 Å². The van der Waals surface area contributed by atoms with Gasteiger partial charge in [0.1, 0.15) is 6.04 Å². The van der Waals surface area contributed by atoms with E-state index < -0.39 is 0 Å². The molecule has 1 heterocycles. The summed E-state index contributed by atoms with van der Waals surface area (Å²) in [5.41, 5.74) is 0.190. The Morgan fingerprint density at radius 2 is 1.95 bits per heavy atom. The standard InChI is InChI=1S/C16H30N2O2/c1-7-11(2)14-15(20)18(9-8-16(4,5)6)12(3)10-13(19)17-14/h11-12,14H,7-10H2,1-6H3,(H,17,19). The number of carbonyl (C=O) groups excluding carboxylic acids is 2. The maximum Gasteiger partial charge on any atom is 0.245 e. The number of rotatable bonds is 4. The van der Waals surface area contributed by atoms with Crippen LogP contribution in [0.5, 0.6) is 0 Å². The van der Waals surface area contributed by atoms with Crippen LogP contribution >= 0.6 is 0 Å². The predicted molar refractivity (Wildman–Crippen MR) is 81.2 cm³/mol. The summed E-state index contributed by atoms with van der Waals surface area (Å²) >= 11 is 0. The third-order valence-electron chi connectivity index (χ3n) is 4.19. The van der Waals surface area contributed by atoms with Gasteiger partial charge in [0.15, 0.2) is 0 Å². The highest BCUT2D eigenvalue weighted by atomic mass is 16.2. The molecule has 1 aliphatic rings. The van der Waals surface area contributed by atoms with E-state index in [1.165, 1.54) is 0 Å². The summed E-state index contributed by atoms with van der Waals surface area (Å²) < 4.78 is 0. The quantitative estimate of drug-likeness (QED) is 0.861. The second kappa shape index (κ2) is 6.59. The van der Waals surface area contributed by atoms with Crippen LogP contribution < -0.4 is 5.32 Å². The zero-order valence-corrected chi connectivity index (χ0v) is 13.8. The molecule has 1 N–H and O–H groups in total. The van der Waals surface area contributed by atoms with Crippen LogP contribution in [0.2, 0.25) is 0 Å². The molecule has 0 aliphatic carbocycles. The van der Waals surface area contributed by atoms with E-state index in [2.05, 4.69) is 33.0 Å². The van der Waals surface area contributed by atoms with E-state index in [1.807, 2.05) is 18.7 Å². The molecule has 20 heavy (non-hydrogen) atoms. The Balaban J connectivity index is 2.88. The molecule has 0 bridgehead atoms. The van der Waals surface area contributed by atoms with E-state index in [-0.39, 0.29) is 35.2 Å². The minimum atomic E-state index is -0.364. The molecule has 3 atom stereocenters. The summed E-state index contributed by atoms with van der Waals surface area (Å²) in [6.07, 6.45) is 2.24. The largest absolute Gasteiger partial charge is 0.344 e. The summed E-state index contributed by atoms with van der Waals surface area (Å²) in [6.45, 7) is 13.3. The second-order valence-electron chi connectivity index (χ2n) is 7.33. The number of amides is 2. The second-order valence-corrected chi connectivity index (χ2v) is 7.33. The molecular weight excluding hydrogens is 252 g/mol. The molecule has 4 heteroatoms. The van der Waals surface area contributed by atoms with Crippen molar-refractivity contribution in [2.45, 2.75) is 72.9 Å². The lowest BCUT2D eigenvalue weighted by atomic mass is 9.91. The Morgan fingerprint density at radius 3 is 2.45 bits per heavy atom. The zero-order valence-electron chi connectivity index (χ0n) is 13.8. The van der Waals surface area contributed by atoms with E-state index in [0.717, 1.165) is 19.4 Å². The molecule has 1 saturated heterocycles. The van der Waals surface area contributed by atoms with Crippen molar-refractivity contribution in [1.29, 1.82) is 0 Å². The van der Waals surface area contributed by atoms with Crippen molar-refractivity contribution < 1.29 is 9.59 Å². The molecule has 3 unspecified atom stereocenters. The number of nitrogens with zero attached hydrogens (tertiary/aromatic N) is 1. The van der Waals surface area contributed by atoms with Crippen molar-refractivity contribution >= 4 is 11.8 Å². The van der Waals surface area contributed by atoms with Crippen LogP contribution in [0.15, 0.2) is 0 Å². The topological polar surface area (TPSA) is 49.4 Å². The molecule has 1 fully saturated rings. The summed E-state index contributed by atoms with van der Waals surface area (Å²) in [5, 5.41) is 2.91. The minimum absolute atomic E-state index is 0.00518. The monoisotopic (exact) mass is 282 g/mol. The van der Waals surface area contributed by atoms with Gasteiger partial charge in [0.25, 0.3) is 0 Å². The number of hydrogen-bond acceptors (Lipinski definition) is 2. The first-order chi connectivity index (χ1) is 9.15. The molecule has 0 radical (unpaired) electrons. The summed E-state index contributed by atoms with van der Waals surface area (Å²) in [4.78, 5) is 26.6. The first kappa shape index (κ1) is 17.0. The van der Waals surface area contributed by atoms with Gasteiger partial charge < -0.3 is 10.2 Å². The van der Waals surface area contributed by atoms with Crippen LogP contribution in [-0.4, -0.2) is 35.3 Å². The fourth-order valence-electron chi connectivity index (χ4n) is 2.48. The molecular formula is C16H30N2O2. The molecule has 2 amide bonds. The lowest BCUT2D eigenvalue weighted by Crippen LogP contribution is -2.50. The third kappa shape index (κ3) is 4.50. The van der Waals surface area contributed by atoms with Gasteiger partial charge in [0, 0.05) is 19.0 Å². The molecule has 1 rings (SSSR count). The summed E-state index contributed by atoms with van der Waals surface area (Å²) in [5.74, 6) is 0.255. The molecule has 0 saturated carbocycles. The van der Waals surface area contributed by atoms with Crippen LogP contribution in [0.25, 0.3) is 0 Å². The Hall–Kier alpha value is -1.06. The van der Waals surface area contributed by atoms with Gasteiger partial charge in [-0.15, -0.1) is 0 Å². The first-order valence-electron chi connectivity index (χ1n) is 7.75. The van der Waals surface area contributed by atoms with Crippen molar-refractivity contribution in [2.75, 3.05) is 6.54 Å². The van der Waals surface area contributed by atoms with Crippen LogP contribution in [0.4, 0.5) is 0 Å². The third-order valence-corrected chi connectivity index (χ3v) is 4.19. The maximum absolute atomic E-state index is 12.7. The molecule has 0 spiro atoms. The van der Waals surface area contributed by atoms with Crippen LogP contribution in [0, 0.1) is 11.3 Å². The van der Waals surface area contributed by atoms with Crippen molar-refractivity contribution in [3.63, 3.8) is 0 Å². The average Bonchev–Trinajstić information content (AvgIpc) is 2.42. The number of hydrogen-bond donors (Lipinski definition) is 1. The van der Waals surface area contributed by atoms with Gasteiger partial charge in [0.2, 0.25) is 11.8 Å². The smallest absolute Gasteiger partial charge is 0.245 e. The Bertz CT molecular complexity index is 360. The van der Waals surface area contributed by atoms with E-state index in [1.54, 1.807) is 0 Å². The van der Waals surface area contributed by atoms with Crippen LogP contribution in [-0.2, 0) is 9.59 Å². The van der Waals surface area contributed by atoms with Gasteiger partial charge in [-0.3, -0.25) is 9.59 Å². The lowest BCUT2D eigenvalue weighted by Gasteiger charge is -2.32. The molecule has 0 aromatic heterocycles. The van der Waals surface area contributed by atoms with Gasteiger partial charge in [-0.25, -0.2) is 0 Å². The molecule has 1 aliphatic heterocycles. The normalized spacial score (nSPS) is 26.2. The molecule has 116 valence electrons. The summed E-state index contributed by atoms with van der Waals surface area (Å²) in [6, 6.07) is -0.378. The van der Waals surface area contributed by atoms with Gasteiger partial charge in [-0.05, 0) is 24.7 Å². The van der Waals surface area contributed by atoms with Crippen molar-refractivity contribution in [2.24, 2.45) is 11.3 Å². The lowest BCUT2D eigenvalue weighted by molar-refractivity contribution is -0.136. The zero-order chi connectivity index (χ0) is 15.5. The summed E-state index contributed by atoms with van der Waals surface area (Å²) in [7, 11) is 0. The van der Waals surface area contributed by atoms with Crippen molar-refractivity contribution in [3.05, 3.63) is 0 Å². The molecule has 0 aromatic carbocycles. The average molecular weight is 282 g/mol. The Kier molecular flexibility index (Phi) is 5.60. The first-order valence-corrected chi connectivity index (χ1v) is 7.75. The van der Waals surface area contributed by atoms with Gasteiger partial charge in [-0.1, -0.05) is 41.0 Å². The molecule has 4 nitrogen and oxygen atoms in total. The van der Waals surface area contributed by atoms with Crippen molar-refractivity contribution in [1.82, 2.24) is 10.2 Å². The van der Waals surface area contributed by atoms with Crippen molar-refractivity contribution in [3.8, 4) is 0 Å². The highest BCUT2D eigenvalue weighted by Gasteiger charge is 2.36. The van der Waals surface area contributed by atoms with Gasteiger partial charge >= 0.3 is 0 Å². The highest BCUT2D eigenvalue weighted by molar-refractivity contribution is 5.90. The van der Waals surface area contributed by atoms with E-state index in [4.69, 9.17) is 0 Å². The highest BCUT2D eigenvalue weighted by Crippen LogP contribution is 2.23. The maximum atomic E-state index is 12.7. The van der Waals surface area contributed by atoms with E-state index >= 15 is 0 Å². The Morgan fingerprint density at radius 1 is 1.35 bits per heavy atom. The van der Waals surface area contributed by atoms with Crippen LogP contribution in [0.1, 0.15) is 60.8 Å². The minimum Gasteiger partial charge on any atom is -0.344 e. The SMILES string of the molecule is CCC(C)C1NC(=O)CC(C)N(CCC(C)(C)C)C1=O. The fraction of sp³-hybridized carbons (Fsp3) is 0.875. The van der Waals surface area contributed by atoms with E-state index in [9.17, 15) is 9.59 Å². The molecule has 0 aromatic rings. The number of carbonyl (C=O) groups is 2. The Labute approximate surface area is 123 Å². The number of nitrogens with one attached hydrogen (secondary N) is 1. The van der Waals surface area contributed by atoms with Gasteiger partial charge in [0.05, 0.1) is 0 Å². The van der Waals surface area contributed by atoms with Gasteiger partial charge in [-0.2, -0.15) is 0 Å². The van der Waals surface area contributed by atoms with Crippen LogP contribution in [0.3, 0.4) is 0 Å². The fourth-order valence-corrected chi connectivity index (χ4v) is 2.48. The predicted octanol–water partition coefficient (Wildman–Crippen LogP) is 2.57.